The Kier molecular flexibility index (Phi) is 4.83. The van der Waals surface area contributed by atoms with E-state index in [0.29, 0.717) is 28.0 Å². The Hall–Kier alpha value is -2.84. The molecule has 0 atom stereocenters. The highest BCUT2D eigenvalue weighted by Gasteiger charge is 2.15. The molecule has 0 N–H and O–H groups in total. The molecule has 0 saturated carbocycles. The number of ether oxygens (including phenoxy) is 1. The van der Waals surface area contributed by atoms with Crippen LogP contribution in [0.1, 0.15) is 5.56 Å². The number of thiol groups is 1. The van der Waals surface area contributed by atoms with Gasteiger partial charge in [-0.15, -0.1) is 22.8 Å². The van der Waals surface area contributed by atoms with Crippen molar-refractivity contribution in [2.45, 2.75) is 11.6 Å². The fourth-order valence-corrected chi connectivity index (χ4v) is 3.03. The van der Waals surface area contributed by atoms with Gasteiger partial charge in [-0.2, -0.15) is 9.90 Å². The molecule has 0 aliphatic heterocycles. The lowest BCUT2D eigenvalue weighted by atomic mass is 10.2. The molecule has 0 saturated heterocycles. The van der Waals surface area contributed by atoms with Gasteiger partial charge in [0.25, 0.3) is 0 Å². The van der Waals surface area contributed by atoms with Gasteiger partial charge in [0.1, 0.15) is 10.8 Å². The second-order valence-corrected chi connectivity index (χ2v) is 6.62. The van der Waals surface area contributed by atoms with E-state index in [0.717, 1.165) is 17.0 Å². The van der Waals surface area contributed by atoms with Gasteiger partial charge in [-0.25, -0.2) is 4.68 Å². The average Bonchev–Trinajstić information content (AvgIpc) is 3.29. The smallest absolute Gasteiger partial charge is 0.209 e. The molecular weight excluding hydrogens is 384 g/mol. The zero-order chi connectivity index (χ0) is 18.8. The Labute approximate surface area is 165 Å². The highest BCUT2D eigenvalue weighted by Crippen LogP contribution is 2.26. The number of methoxy groups -OCH3 is 1. The summed E-state index contributed by atoms with van der Waals surface area (Å²) in [7, 11) is 1.64. The molecule has 0 amide bonds. The van der Waals surface area contributed by atoms with Crippen molar-refractivity contribution in [3.63, 3.8) is 0 Å². The first-order valence-corrected chi connectivity index (χ1v) is 8.90. The fourth-order valence-electron chi connectivity index (χ4n) is 2.58. The van der Waals surface area contributed by atoms with Crippen LogP contribution in [0.4, 0.5) is 0 Å². The molecule has 2 heterocycles. The summed E-state index contributed by atoms with van der Waals surface area (Å²) in [4.78, 5) is 1.53. The predicted octanol–water partition coefficient (Wildman–Crippen LogP) is 3.52. The number of tetrazole rings is 1. The van der Waals surface area contributed by atoms with E-state index in [-0.39, 0.29) is 0 Å². The molecule has 0 aliphatic rings. The largest absolute Gasteiger partial charge is 0.497 e. The number of hydrogen-bond acceptors (Lipinski definition) is 6. The van der Waals surface area contributed by atoms with Crippen LogP contribution in [0.15, 0.2) is 59.8 Å². The molecule has 136 valence electrons. The number of nitrogens with zero attached hydrogens (tertiary/aromatic N) is 6. The summed E-state index contributed by atoms with van der Waals surface area (Å²) in [5.41, 5.74) is 2.60. The lowest BCUT2D eigenvalue weighted by Crippen LogP contribution is -2.04. The van der Waals surface area contributed by atoms with E-state index >= 15 is 0 Å². The van der Waals surface area contributed by atoms with E-state index < -0.39 is 0 Å². The molecule has 4 aromatic rings. The fraction of sp³-hybridized carbons (Fsp3) is 0.111. The van der Waals surface area contributed by atoms with Crippen LogP contribution >= 0.6 is 24.2 Å². The van der Waals surface area contributed by atoms with Crippen LogP contribution in [0.3, 0.4) is 0 Å². The normalized spacial score (nSPS) is 10.9. The molecule has 0 radical (unpaired) electrons. The van der Waals surface area contributed by atoms with Crippen LogP contribution in [0.25, 0.3) is 17.1 Å². The van der Waals surface area contributed by atoms with E-state index in [9.17, 15) is 0 Å². The van der Waals surface area contributed by atoms with Gasteiger partial charge < -0.3 is 4.74 Å². The number of rotatable bonds is 5. The SMILES string of the molecule is COc1ccc(Cn2nnc(-c3cnn(-c4ccc(Cl)cc4)c3S)n2)cc1. The average molecular weight is 399 g/mol. The van der Waals surface area contributed by atoms with Crippen molar-refractivity contribution >= 4 is 24.2 Å². The topological polar surface area (TPSA) is 70.7 Å². The van der Waals surface area contributed by atoms with Gasteiger partial charge >= 0.3 is 0 Å². The Morgan fingerprint density at radius 2 is 1.81 bits per heavy atom. The predicted molar refractivity (Wildman–Crippen MR) is 105 cm³/mol. The third-order valence-electron chi connectivity index (χ3n) is 3.99. The summed E-state index contributed by atoms with van der Waals surface area (Å²) in [5, 5.41) is 18.4. The quantitative estimate of drug-likeness (QED) is 0.521. The summed E-state index contributed by atoms with van der Waals surface area (Å²) < 4.78 is 6.86. The summed E-state index contributed by atoms with van der Waals surface area (Å²) in [6.45, 7) is 0.504. The zero-order valence-corrected chi connectivity index (χ0v) is 16.0. The van der Waals surface area contributed by atoms with Crippen molar-refractivity contribution in [1.82, 2.24) is 30.0 Å². The molecule has 4 rings (SSSR count). The Balaban J connectivity index is 1.57. The monoisotopic (exact) mass is 398 g/mol. The van der Waals surface area contributed by atoms with Crippen LogP contribution in [-0.4, -0.2) is 37.1 Å². The van der Waals surface area contributed by atoms with E-state index in [1.165, 1.54) is 4.80 Å². The Bertz CT molecular complexity index is 1060. The minimum Gasteiger partial charge on any atom is -0.497 e. The first kappa shape index (κ1) is 17.6. The number of benzene rings is 2. The lowest BCUT2D eigenvalue weighted by Gasteiger charge is -2.04. The molecule has 0 aliphatic carbocycles. The molecule has 2 aromatic carbocycles. The lowest BCUT2D eigenvalue weighted by molar-refractivity contribution is 0.414. The molecule has 27 heavy (non-hydrogen) atoms. The molecule has 0 spiro atoms. The molecular formula is C18H15ClN6OS. The van der Waals surface area contributed by atoms with Gasteiger partial charge in [0.15, 0.2) is 0 Å². The molecule has 0 bridgehead atoms. The summed E-state index contributed by atoms with van der Waals surface area (Å²) in [6.07, 6.45) is 1.67. The minimum atomic E-state index is 0.466. The molecule has 2 aromatic heterocycles. The Morgan fingerprint density at radius 3 is 2.52 bits per heavy atom. The van der Waals surface area contributed by atoms with Crippen LogP contribution in [-0.2, 0) is 6.54 Å². The van der Waals surface area contributed by atoms with Crippen molar-refractivity contribution in [3.8, 4) is 22.8 Å². The minimum absolute atomic E-state index is 0.466. The van der Waals surface area contributed by atoms with E-state index in [4.69, 9.17) is 16.3 Å². The van der Waals surface area contributed by atoms with E-state index in [1.807, 2.05) is 36.4 Å². The highest BCUT2D eigenvalue weighted by molar-refractivity contribution is 7.80. The standard InChI is InChI=1S/C18H15ClN6OS/c1-26-15-8-2-12(3-9-15)11-24-22-17(21-23-24)16-10-20-25(18(16)27)14-6-4-13(19)5-7-14/h2-10,27H,11H2,1H3. The molecule has 7 nitrogen and oxygen atoms in total. The zero-order valence-electron chi connectivity index (χ0n) is 14.3. The maximum Gasteiger partial charge on any atom is 0.209 e. The molecule has 0 fully saturated rings. The maximum absolute atomic E-state index is 5.94. The van der Waals surface area contributed by atoms with E-state index in [2.05, 4.69) is 33.1 Å². The van der Waals surface area contributed by atoms with Crippen molar-refractivity contribution in [3.05, 3.63) is 65.3 Å². The van der Waals surface area contributed by atoms with Gasteiger partial charge in [0, 0.05) is 5.02 Å². The third kappa shape index (κ3) is 3.67. The van der Waals surface area contributed by atoms with Gasteiger partial charge in [0.05, 0.1) is 31.1 Å². The van der Waals surface area contributed by atoms with Crippen LogP contribution in [0.5, 0.6) is 5.75 Å². The summed E-state index contributed by atoms with van der Waals surface area (Å²) >= 11 is 10.5. The highest BCUT2D eigenvalue weighted by atomic mass is 35.5. The first-order chi connectivity index (χ1) is 13.1. The van der Waals surface area contributed by atoms with Gasteiger partial charge in [0.2, 0.25) is 5.82 Å². The van der Waals surface area contributed by atoms with Crippen molar-refractivity contribution in [2.24, 2.45) is 0 Å². The van der Waals surface area contributed by atoms with Crippen molar-refractivity contribution < 1.29 is 4.74 Å². The first-order valence-electron chi connectivity index (χ1n) is 8.08. The van der Waals surface area contributed by atoms with Gasteiger partial charge in [-0.1, -0.05) is 23.7 Å². The maximum atomic E-state index is 5.94. The summed E-state index contributed by atoms with van der Waals surface area (Å²) in [5.74, 6) is 1.27. The van der Waals surface area contributed by atoms with Crippen LogP contribution in [0, 0.1) is 0 Å². The van der Waals surface area contributed by atoms with Crippen LogP contribution < -0.4 is 4.74 Å². The van der Waals surface area contributed by atoms with Crippen molar-refractivity contribution in [1.29, 1.82) is 0 Å². The molecule has 9 heteroatoms. The third-order valence-corrected chi connectivity index (χ3v) is 4.67. The van der Waals surface area contributed by atoms with Crippen LogP contribution in [0.2, 0.25) is 5.02 Å². The number of halogens is 1. The second-order valence-electron chi connectivity index (χ2n) is 5.76. The Morgan fingerprint density at radius 1 is 1.07 bits per heavy atom. The van der Waals surface area contributed by atoms with Crippen molar-refractivity contribution in [2.75, 3.05) is 7.11 Å². The summed E-state index contributed by atoms with van der Waals surface area (Å²) in [6, 6.07) is 15.1. The number of hydrogen-bond donors (Lipinski definition) is 1. The van der Waals surface area contributed by atoms with Gasteiger partial charge in [-0.3, -0.25) is 0 Å². The van der Waals surface area contributed by atoms with Gasteiger partial charge in [-0.05, 0) is 47.2 Å². The number of aromatic nitrogens is 6. The second kappa shape index (κ2) is 7.42. The molecule has 0 unspecified atom stereocenters. The van der Waals surface area contributed by atoms with E-state index in [1.54, 1.807) is 30.1 Å².